The summed E-state index contributed by atoms with van der Waals surface area (Å²) in [5, 5.41) is 4.59. The van der Waals surface area contributed by atoms with Crippen LogP contribution < -0.4 is 4.74 Å². The molecule has 0 unspecified atom stereocenters. The van der Waals surface area contributed by atoms with Crippen LogP contribution in [0.3, 0.4) is 0 Å². The quantitative estimate of drug-likeness (QED) is 0.707. The Bertz CT molecular complexity index is 799. The van der Waals surface area contributed by atoms with Gasteiger partial charge in [0, 0.05) is 10.6 Å². The van der Waals surface area contributed by atoms with Crippen molar-refractivity contribution in [3.8, 4) is 17.1 Å². The first-order valence-corrected chi connectivity index (χ1v) is 7.29. The van der Waals surface area contributed by atoms with Crippen LogP contribution in [0.25, 0.3) is 11.4 Å². The van der Waals surface area contributed by atoms with Crippen molar-refractivity contribution in [2.45, 2.75) is 20.5 Å². The maximum Gasteiger partial charge on any atom is 0.264 e. The number of aromatic nitrogens is 2. The molecular weight excluding hydrogens is 300 g/mol. The van der Waals surface area contributed by atoms with Crippen LogP contribution in [0.1, 0.15) is 17.0 Å². The fourth-order valence-electron chi connectivity index (χ4n) is 2.08. The molecule has 3 aromatic rings. The lowest BCUT2D eigenvalue weighted by atomic mass is 10.1. The molecule has 0 aliphatic rings. The lowest BCUT2D eigenvalue weighted by Gasteiger charge is -2.08. The van der Waals surface area contributed by atoms with Crippen molar-refractivity contribution in [2.75, 3.05) is 0 Å². The molecule has 0 N–H and O–H groups in total. The van der Waals surface area contributed by atoms with Gasteiger partial charge in [-0.05, 0) is 43.2 Å². The second-order valence-corrected chi connectivity index (χ2v) is 5.45. The number of ether oxygens (including phenoxy) is 1. The van der Waals surface area contributed by atoms with E-state index in [-0.39, 0.29) is 6.61 Å². The van der Waals surface area contributed by atoms with Gasteiger partial charge in [-0.2, -0.15) is 4.98 Å². The van der Waals surface area contributed by atoms with Crippen LogP contribution in [0.4, 0.5) is 0 Å². The molecule has 5 heteroatoms. The van der Waals surface area contributed by atoms with E-state index in [1.165, 1.54) is 5.56 Å². The minimum Gasteiger partial charge on any atom is -0.483 e. The van der Waals surface area contributed by atoms with E-state index in [2.05, 4.69) is 10.1 Å². The molecule has 0 radical (unpaired) electrons. The lowest BCUT2D eigenvalue weighted by Crippen LogP contribution is -1.98. The average Bonchev–Trinajstić information content (AvgIpc) is 2.98. The molecular formula is C17H15ClN2O2. The van der Waals surface area contributed by atoms with Crippen molar-refractivity contribution in [3.05, 3.63) is 64.5 Å². The predicted molar refractivity (Wildman–Crippen MR) is 85.0 cm³/mol. The molecule has 4 nitrogen and oxygen atoms in total. The zero-order valence-electron chi connectivity index (χ0n) is 12.3. The maximum atomic E-state index is 5.96. The molecule has 112 valence electrons. The van der Waals surface area contributed by atoms with Gasteiger partial charge in [-0.3, -0.25) is 0 Å². The Hall–Kier alpha value is -2.33. The molecule has 0 aliphatic heterocycles. The molecule has 0 bridgehead atoms. The van der Waals surface area contributed by atoms with Gasteiger partial charge in [0.15, 0.2) is 6.61 Å². The molecule has 1 heterocycles. The van der Waals surface area contributed by atoms with Crippen molar-refractivity contribution in [1.82, 2.24) is 10.1 Å². The van der Waals surface area contributed by atoms with Crippen LogP contribution >= 0.6 is 11.6 Å². The summed E-state index contributed by atoms with van der Waals surface area (Å²) in [5.74, 6) is 1.75. The predicted octanol–water partition coefficient (Wildman–Crippen LogP) is 4.59. The molecule has 22 heavy (non-hydrogen) atoms. The van der Waals surface area contributed by atoms with Gasteiger partial charge in [0.25, 0.3) is 5.89 Å². The first-order chi connectivity index (χ1) is 10.6. The van der Waals surface area contributed by atoms with E-state index in [1.54, 1.807) is 12.1 Å². The Labute approximate surface area is 133 Å². The smallest absolute Gasteiger partial charge is 0.264 e. The van der Waals surface area contributed by atoms with Gasteiger partial charge in [-0.25, -0.2) is 0 Å². The zero-order chi connectivity index (χ0) is 15.5. The molecule has 0 aliphatic carbocycles. The number of benzene rings is 2. The number of hydrogen-bond acceptors (Lipinski definition) is 4. The third-order valence-corrected chi connectivity index (χ3v) is 3.69. The summed E-state index contributed by atoms with van der Waals surface area (Å²) in [5.41, 5.74) is 3.11. The SMILES string of the molecule is Cc1cccc(OCc2nc(-c3cccc(Cl)c3)no2)c1C. The van der Waals surface area contributed by atoms with E-state index < -0.39 is 0 Å². The second kappa shape index (κ2) is 6.20. The zero-order valence-corrected chi connectivity index (χ0v) is 13.1. The molecule has 3 rings (SSSR count). The Morgan fingerprint density at radius 2 is 1.95 bits per heavy atom. The average molecular weight is 315 g/mol. The van der Waals surface area contributed by atoms with E-state index in [4.69, 9.17) is 20.9 Å². The van der Waals surface area contributed by atoms with Crippen molar-refractivity contribution in [1.29, 1.82) is 0 Å². The third-order valence-electron chi connectivity index (χ3n) is 3.46. The largest absolute Gasteiger partial charge is 0.483 e. The van der Waals surface area contributed by atoms with Crippen LogP contribution in [0.2, 0.25) is 5.02 Å². The summed E-state index contributed by atoms with van der Waals surface area (Å²) in [4.78, 5) is 4.33. The number of halogens is 1. The van der Waals surface area contributed by atoms with E-state index in [9.17, 15) is 0 Å². The van der Waals surface area contributed by atoms with Gasteiger partial charge in [-0.1, -0.05) is 41.0 Å². The van der Waals surface area contributed by atoms with E-state index >= 15 is 0 Å². The fraction of sp³-hybridized carbons (Fsp3) is 0.176. The van der Waals surface area contributed by atoms with Crippen LogP contribution in [-0.2, 0) is 6.61 Å². The lowest BCUT2D eigenvalue weighted by molar-refractivity contribution is 0.241. The van der Waals surface area contributed by atoms with Crippen molar-refractivity contribution in [3.63, 3.8) is 0 Å². The Morgan fingerprint density at radius 3 is 2.77 bits per heavy atom. The number of nitrogens with zero attached hydrogens (tertiary/aromatic N) is 2. The molecule has 0 saturated carbocycles. The van der Waals surface area contributed by atoms with Gasteiger partial charge in [0.2, 0.25) is 5.82 Å². The summed E-state index contributed by atoms with van der Waals surface area (Å²) in [6.07, 6.45) is 0. The molecule has 0 saturated heterocycles. The highest BCUT2D eigenvalue weighted by molar-refractivity contribution is 6.30. The summed E-state index contributed by atoms with van der Waals surface area (Å²) in [6.45, 7) is 4.31. The summed E-state index contributed by atoms with van der Waals surface area (Å²) < 4.78 is 11.0. The molecule has 0 amide bonds. The highest BCUT2D eigenvalue weighted by atomic mass is 35.5. The number of aryl methyl sites for hydroxylation is 1. The van der Waals surface area contributed by atoms with Crippen molar-refractivity contribution < 1.29 is 9.26 Å². The van der Waals surface area contributed by atoms with Crippen molar-refractivity contribution >= 4 is 11.6 Å². The standard InChI is InChI=1S/C17H15ClN2O2/c1-11-5-3-8-15(12(11)2)21-10-16-19-17(20-22-16)13-6-4-7-14(18)9-13/h3-9H,10H2,1-2H3. The van der Waals surface area contributed by atoms with Crippen LogP contribution in [0.15, 0.2) is 47.0 Å². The monoisotopic (exact) mass is 314 g/mol. The number of hydrogen-bond donors (Lipinski definition) is 0. The van der Waals surface area contributed by atoms with E-state index in [1.807, 2.05) is 44.2 Å². The molecule has 0 spiro atoms. The first-order valence-electron chi connectivity index (χ1n) is 6.91. The molecule has 0 atom stereocenters. The number of rotatable bonds is 4. The molecule has 1 aromatic heterocycles. The van der Waals surface area contributed by atoms with Gasteiger partial charge in [0.05, 0.1) is 0 Å². The van der Waals surface area contributed by atoms with Gasteiger partial charge >= 0.3 is 0 Å². The summed E-state index contributed by atoms with van der Waals surface area (Å²) in [7, 11) is 0. The highest BCUT2D eigenvalue weighted by Gasteiger charge is 2.10. The highest BCUT2D eigenvalue weighted by Crippen LogP contribution is 2.23. The fourth-order valence-corrected chi connectivity index (χ4v) is 2.27. The van der Waals surface area contributed by atoms with Gasteiger partial charge in [0.1, 0.15) is 5.75 Å². The van der Waals surface area contributed by atoms with Gasteiger partial charge in [-0.15, -0.1) is 0 Å². The van der Waals surface area contributed by atoms with Crippen LogP contribution in [0, 0.1) is 13.8 Å². The van der Waals surface area contributed by atoms with E-state index in [0.29, 0.717) is 16.7 Å². The topological polar surface area (TPSA) is 48.2 Å². The van der Waals surface area contributed by atoms with Crippen molar-refractivity contribution in [2.24, 2.45) is 0 Å². The normalized spacial score (nSPS) is 10.7. The minimum atomic E-state index is 0.234. The molecule has 0 fully saturated rings. The Morgan fingerprint density at radius 1 is 1.14 bits per heavy atom. The summed E-state index contributed by atoms with van der Waals surface area (Å²) in [6, 6.07) is 13.3. The maximum absolute atomic E-state index is 5.96. The summed E-state index contributed by atoms with van der Waals surface area (Å²) >= 11 is 5.96. The molecule has 2 aromatic carbocycles. The third kappa shape index (κ3) is 3.12. The van der Waals surface area contributed by atoms with Crippen LogP contribution in [-0.4, -0.2) is 10.1 Å². The second-order valence-electron chi connectivity index (χ2n) is 5.01. The van der Waals surface area contributed by atoms with Crippen LogP contribution in [0.5, 0.6) is 5.75 Å². The Kier molecular flexibility index (Phi) is 4.11. The first kappa shape index (κ1) is 14.6. The van der Waals surface area contributed by atoms with E-state index in [0.717, 1.165) is 16.9 Å². The van der Waals surface area contributed by atoms with Gasteiger partial charge < -0.3 is 9.26 Å². The minimum absolute atomic E-state index is 0.234. The Balaban J connectivity index is 1.73.